The van der Waals surface area contributed by atoms with Crippen molar-refractivity contribution in [1.82, 2.24) is 4.98 Å². The number of anilines is 1. The van der Waals surface area contributed by atoms with Crippen molar-refractivity contribution in [2.45, 2.75) is 23.4 Å². The maximum atomic E-state index is 13.6. The lowest BCUT2D eigenvalue weighted by Crippen LogP contribution is -2.16. The van der Waals surface area contributed by atoms with Crippen molar-refractivity contribution in [3.8, 4) is 23.0 Å². The number of oxazole rings is 1. The van der Waals surface area contributed by atoms with Gasteiger partial charge in [0, 0.05) is 18.2 Å². The molecule has 2 heterocycles. The van der Waals surface area contributed by atoms with Crippen LogP contribution in [-0.4, -0.2) is 26.6 Å². The minimum Gasteiger partial charge on any atom is -0.486 e. The van der Waals surface area contributed by atoms with E-state index in [-0.39, 0.29) is 21.7 Å². The highest BCUT2D eigenvalue weighted by Gasteiger charge is 2.30. The monoisotopic (exact) mass is 462 g/mol. The molecule has 0 bridgehead atoms. The molecule has 168 valence electrons. The number of aromatic nitrogens is 1. The number of nitrogens with one attached hydrogen (secondary N) is 1. The van der Waals surface area contributed by atoms with Crippen LogP contribution in [0.3, 0.4) is 0 Å². The molecule has 0 atom stereocenters. The van der Waals surface area contributed by atoms with Gasteiger partial charge >= 0.3 is 0 Å². The summed E-state index contributed by atoms with van der Waals surface area (Å²) in [5.41, 5.74) is 2.69. The molecule has 3 aromatic carbocycles. The van der Waals surface area contributed by atoms with Crippen molar-refractivity contribution >= 4 is 15.7 Å². The first-order chi connectivity index (χ1) is 16.0. The summed E-state index contributed by atoms with van der Waals surface area (Å²) in [5.74, 6) is 1.22. The van der Waals surface area contributed by atoms with Crippen LogP contribution in [0, 0.1) is 6.92 Å². The largest absolute Gasteiger partial charge is 0.486 e. The van der Waals surface area contributed by atoms with Crippen molar-refractivity contribution in [2.75, 3.05) is 18.5 Å². The third-order valence-electron chi connectivity index (χ3n) is 5.24. The molecule has 0 amide bonds. The fourth-order valence-corrected chi connectivity index (χ4v) is 4.88. The van der Waals surface area contributed by atoms with Crippen LogP contribution in [0.1, 0.15) is 11.1 Å². The number of nitrogens with zero attached hydrogens (tertiary/aromatic N) is 1. The molecular formula is C25H22N2O5S. The molecule has 0 aliphatic carbocycles. The standard InChI is InChI=1S/C25H22N2O5S/c1-17-6-5-9-19(14-17)23-27-25(24(32-23)26-16-18-7-3-2-4-8-18)33(28,29)20-10-11-21-22(15-20)31-13-12-30-21/h2-11,14-15,26H,12-13,16H2,1H3. The van der Waals surface area contributed by atoms with Crippen LogP contribution in [0.2, 0.25) is 0 Å². The quantitative estimate of drug-likeness (QED) is 0.437. The molecule has 8 heteroatoms. The van der Waals surface area contributed by atoms with E-state index in [4.69, 9.17) is 13.9 Å². The van der Waals surface area contributed by atoms with E-state index in [1.165, 1.54) is 12.1 Å². The first-order valence-corrected chi connectivity index (χ1v) is 12.0. The SMILES string of the molecule is Cc1cccc(-c2nc(S(=O)(=O)c3ccc4c(c3)OCCO4)c(NCc3ccccc3)o2)c1. The molecule has 0 spiro atoms. The number of fused-ring (bicyclic) bond motifs is 1. The number of aryl methyl sites for hydroxylation is 1. The molecule has 0 radical (unpaired) electrons. The number of rotatable bonds is 6. The van der Waals surface area contributed by atoms with Gasteiger partial charge in [-0.2, -0.15) is 4.98 Å². The van der Waals surface area contributed by atoms with E-state index < -0.39 is 9.84 Å². The Hall–Kier alpha value is -3.78. The number of hydrogen-bond acceptors (Lipinski definition) is 7. The van der Waals surface area contributed by atoms with Crippen LogP contribution >= 0.6 is 0 Å². The van der Waals surface area contributed by atoms with Crippen molar-refractivity contribution in [1.29, 1.82) is 0 Å². The molecule has 1 aliphatic rings. The lowest BCUT2D eigenvalue weighted by Gasteiger charge is -2.18. The van der Waals surface area contributed by atoms with Gasteiger partial charge in [0.2, 0.25) is 26.6 Å². The third-order valence-corrected chi connectivity index (χ3v) is 6.90. The van der Waals surface area contributed by atoms with Gasteiger partial charge in [-0.05, 0) is 36.8 Å². The highest BCUT2D eigenvalue weighted by Crippen LogP contribution is 2.37. The summed E-state index contributed by atoms with van der Waals surface area (Å²) in [5, 5.41) is 2.93. The topological polar surface area (TPSA) is 90.7 Å². The molecule has 7 nitrogen and oxygen atoms in total. The fourth-order valence-electron chi connectivity index (χ4n) is 3.58. The van der Waals surface area contributed by atoms with Crippen molar-refractivity contribution in [3.05, 3.63) is 83.9 Å². The van der Waals surface area contributed by atoms with Crippen LogP contribution in [0.25, 0.3) is 11.5 Å². The molecule has 0 fully saturated rings. The highest BCUT2D eigenvalue weighted by atomic mass is 32.2. The summed E-state index contributed by atoms with van der Waals surface area (Å²) in [6.07, 6.45) is 0. The minimum absolute atomic E-state index is 0.0543. The molecule has 5 rings (SSSR count). The maximum Gasteiger partial charge on any atom is 0.234 e. The zero-order valence-electron chi connectivity index (χ0n) is 17.9. The molecule has 1 aromatic heterocycles. The van der Waals surface area contributed by atoms with Gasteiger partial charge in [-0.15, -0.1) is 0 Å². The van der Waals surface area contributed by atoms with E-state index in [0.717, 1.165) is 11.1 Å². The maximum absolute atomic E-state index is 13.6. The first-order valence-electron chi connectivity index (χ1n) is 10.5. The molecule has 0 saturated heterocycles. The Morgan fingerprint density at radius 1 is 0.909 bits per heavy atom. The summed E-state index contributed by atoms with van der Waals surface area (Å²) in [7, 11) is -4.01. The highest BCUT2D eigenvalue weighted by molar-refractivity contribution is 7.91. The zero-order chi connectivity index (χ0) is 22.8. The Morgan fingerprint density at radius 2 is 1.70 bits per heavy atom. The molecule has 4 aromatic rings. The normalized spacial score (nSPS) is 13.0. The van der Waals surface area contributed by atoms with Gasteiger partial charge in [0.25, 0.3) is 0 Å². The van der Waals surface area contributed by atoms with Crippen LogP contribution < -0.4 is 14.8 Å². The van der Waals surface area contributed by atoms with E-state index in [2.05, 4.69) is 10.3 Å². The van der Waals surface area contributed by atoms with Gasteiger partial charge in [-0.25, -0.2) is 8.42 Å². The molecule has 0 unspecified atom stereocenters. The Balaban J connectivity index is 1.56. The van der Waals surface area contributed by atoms with Crippen molar-refractivity contribution in [2.24, 2.45) is 0 Å². The second-order valence-electron chi connectivity index (χ2n) is 7.67. The summed E-state index contributed by atoms with van der Waals surface area (Å²) in [4.78, 5) is 4.46. The van der Waals surface area contributed by atoms with E-state index in [1.807, 2.05) is 61.5 Å². The van der Waals surface area contributed by atoms with Gasteiger partial charge in [-0.3, -0.25) is 0 Å². The van der Waals surface area contributed by atoms with Gasteiger partial charge in [0.1, 0.15) is 13.2 Å². The van der Waals surface area contributed by atoms with Crippen LogP contribution in [0.5, 0.6) is 11.5 Å². The van der Waals surface area contributed by atoms with Gasteiger partial charge < -0.3 is 19.2 Å². The van der Waals surface area contributed by atoms with Crippen LogP contribution in [0.4, 0.5) is 5.88 Å². The second kappa shape index (κ2) is 8.63. The molecule has 33 heavy (non-hydrogen) atoms. The molecular weight excluding hydrogens is 440 g/mol. The van der Waals surface area contributed by atoms with Gasteiger partial charge in [-0.1, -0.05) is 48.0 Å². The van der Waals surface area contributed by atoms with Gasteiger partial charge in [0.15, 0.2) is 11.5 Å². The minimum atomic E-state index is -4.01. The van der Waals surface area contributed by atoms with E-state index in [0.29, 0.717) is 36.8 Å². The smallest absolute Gasteiger partial charge is 0.234 e. The third kappa shape index (κ3) is 4.29. The predicted octanol–water partition coefficient (Wildman–Crippen LogP) is 4.87. The van der Waals surface area contributed by atoms with Crippen molar-refractivity contribution in [3.63, 3.8) is 0 Å². The second-order valence-corrected chi connectivity index (χ2v) is 9.54. The van der Waals surface area contributed by atoms with E-state index >= 15 is 0 Å². The number of hydrogen-bond donors (Lipinski definition) is 1. The summed E-state index contributed by atoms with van der Waals surface area (Å²) in [6, 6.07) is 21.8. The van der Waals surface area contributed by atoms with Crippen LogP contribution in [-0.2, 0) is 16.4 Å². The van der Waals surface area contributed by atoms with E-state index in [1.54, 1.807) is 6.07 Å². The average molecular weight is 463 g/mol. The van der Waals surface area contributed by atoms with Crippen molar-refractivity contribution < 1.29 is 22.3 Å². The molecule has 0 saturated carbocycles. The zero-order valence-corrected chi connectivity index (χ0v) is 18.8. The summed E-state index contributed by atoms with van der Waals surface area (Å²) >= 11 is 0. The summed E-state index contributed by atoms with van der Waals surface area (Å²) < 4.78 is 44.2. The Bertz CT molecular complexity index is 1400. The van der Waals surface area contributed by atoms with E-state index in [9.17, 15) is 8.42 Å². The Kier molecular flexibility index (Phi) is 5.51. The molecule has 1 N–H and O–H groups in total. The fraction of sp³-hybridized carbons (Fsp3) is 0.160. The Labute approximate surface area is 191 Å². The van der Waals surface area contributed by atoms with Gasteiger partial charge in [0.05, 0.1) is 4.90 Å². The first kappa shape index (κ1) is 21.1. The molecule has 1 aliphatic heterocycles. The lowest BCUT2D eigenvalue weighted by molar-refractivity contribution is 0.171. The Morgan fingerprint density at radius 3 is 2.48 bits per heavy atom. The summed E-state index contributed by atoms with van der Waals surface area (Å²) in [6.45, 7) is 3.12. The average Bonchev–Trinajstić information content (AvgIpc) is 3.28. The lowest BCUT2D eigenvalue weighted by atomic mass is 10.1. The number of benzene rings is 3. The predicted molar refractivity (Wildman–Crippen MR) is 123 cm³/mol. The van der Waals surface area contributed by atoms with Crippen LogP contribution in [0.15, 0.2) is 87.1 Å². The number of ether oxygens (including phenoxy) is 2. The number of sulfone groups is 1.